The largest absolute Gasteiger partial charge is 0.630 e. The Balaban J connectivity index is 2.79. The van der Waals surface area contributed by atoms with Crippen LogP contribution >= 0.6 is 0 Å². The monoisotopic (exact) mass is 253 g/mol. The highest BCUT2D eigenvalue weighted by Crippen LogP contribution is 2.29. The summed E-state index contributed by atoms with van der Waals surface area (Å²) >= 11 is 0. The van der Waals surface area contributed by atoms with Crippen LogP contribution in [0.25, 0.3) is 0 Å². The molecule has 0 radical (unpaired) electrons. The highest BCUT2D eigenvalue weighted by Gasteiger charge is 2.13. The molecular formula is C12H19N3O3. The Morgan fingerprint density at radius 3 is 2.67 bits per heavy atom. The number of urea groups is 1. The molecule has 6 heteroatoms. The number of amides is 2. The number of primary amides is 1. The summed E-state index contributed by atoms with van der Waals surface area (Å²) in [5, 5.41) is 13.4. The predicted molar refractivity (Wildman–Crippen MR) is 68.7 cm³/mol. The van der Waals surface area contributed by atoms with Crippen molar-refractivity contribution >= 4 is 11.7 Å². The second kappa shape index (κ2) is 6.23. The molecule has 0 aromatic heterocycles. The molecule has 0 fully saturated rings. The maximum atomic E-state index is 11.0. The normalized spacial score (nSPS) is 10.2. The van der Waals surface area contributed by atoms with E-state index >= 15 is 0 Å². The molecule has 0 spiro atoms. The SMILES string of the molecule is Cc1cc(C)c(OCCNC(N)=O)c(C)c1[NH2+][O-]. The minimum Gasteiger partial charge on any atom is -0.630 e. The molecule has 0 aliphatic carbocycles. The van der Waals surface area contributed by atoms with Gasteiger partial charge in [0.25, 0.3) is 0 Å². The van der Waals surface area contributed by atoms with Crippen molar-refractivity contribution in [2.45, 2.75) is 20.8 Å². The summed E-state index contributed by atoms with van der Waals surface area (Å²) < 4.78 is 5.59. The lowest BCUT2D eigenvalue weighted by Gasteiger charge is -2.17. The standard InChI is InChI=1S/C12H19N3O3/c1-7-6-8(2)11(9(3)10(7)15-17)18-5-4-14-12(13)16/h6H,4-5,15H2,1-3H3,(H3,13,14,16). The summed E-state index contributed by atoms with van der Waals surface area (Å²) in [4.78, 5) is 10.5. The van der Waals surface area contributed by atoms with Crippen LogP contribution in [0.15, 0.2) is 6.07 Å². The maximum absolute atomic E-state index is 11.0. The van der Waals surface area contributed by atoms with Crippen LogP contribution in [0.1, 0.15) is 16.7 Å². The summed E-state index contributed by atoms with van der Waals surface area (Å²) in [6, 6.07) is 1.33. The van der Waals surface area contributed by atoms with Crippen LogP contribution in [0, 0.1) is 26.0 Å². The molecular weight excluding hydrogens is 234 g/mol. The molecule has 0 unspecified atom stereocenters. The first-order valence-electron chi connectivity index (χ1n) is 5.69. The molecule has 0 saturated heterocycles. The highest BCUT2D eigenvalue weighted by molar-refractivity contribution is 5.71. The van der Waals surface area contributed by atoms with Gasteiger partial charge in [0, 0.05) is 5.56 Å². The summed E-state index contributed by atoms with van der Waals surface area (Å²) in [6.45, 7) is 6.30. The molecule has 1 aromatic carbocycles. The number of benzene rings is 1. The zero-order valence-electron chi connectivity index (χ0n) is 10.9. The Labute approximate surface area is 106 Å². The number of nitrogens with one attached hydrogen (secondary N) is 1. The Morgan fingerprint density at radius 1 is 1.44 bits per heavy atom. The molecule has 0 heterocycles. The third-order valence-corrected chi connectivity index (χ3v) is 2.73. The number of hydrogen-bond donors (Lipinski definition) is 3. The number of nitrogens with two attached hydrogens (primary N) is 2. The molecule has 0 aliphatic heterocycles. The molecule has 6 nitrogen and oxygen atoms in total. The fourth-order valence-electron chi connectivity index (χ4n) is 1.91. The lowest BCUT2D eigenvalue weighted by atomic mass is 10.0. The van der Waals surface area contributed by atoms with E-state index in [0.717, 1.165) is 22.2 Å². The van der Waals surface area contributed by atoms with Gasteiger partial charge in [-0.15, -0.1) is 0 Å². The maximum Gasteiger partial charge on any atom is 0.312 e. The van der Waals surface area contributed by atoms with Crippen molar-refractivity contribution in [3.05, 3.63) is 28.0 Å². The van der Waals surface area contributed by atoms with Crippen LogP contribution in [0.2, 0.25) is 0 Å². The van der Waals surface area contributed by atoms with Crippen LogP contribution < -0.4 is 21.3 Å². The number of carbonyl (C=O) groups is 1. The van der Waals surface area contributed by atoms with Crippen molar-refractivity contribution in [3.63, 3.8) is 0 Å². The lowest BCUT2D eigenvalue weighted by Crippen LogP contribution is -2.71. The summed E-state index contributed by atoms with van der Waals surface area (Å²) in [5.74, 6) is 0.689. The van der Waals surface area contributed by atoms with Crippen LogP contribution in [0.3, 0.4) is 0 Å². The van der Waals surface area contributed by atoms with Crippen molar-refractivity contribution in [1.29, 1.82) is 0 Å². The van der Waals surface area contributed by atoms with Crippen molar-refractivity contribution in [3.8, 4) is 5.75 Å². The van der Waals surface area contributed by atoms with Gasteiger partial charge in [-0.05, 0) is 32.4 Å². The van der Waals surface area contributed by atoms with Crippen molar-refractivity contribution in [1.82, 2.24) is 5.32 Å². The van der Waals surface area contributed by atoms with Crippen LogP contribution in [-0.2, 0) is 0 Å². The van der Waals surface area contributed by atoms with Crippen molar-refractivity contribution in [2.75, 3.05) is 13.2 Å². The molecule has 100 valence electrons. The van der Waals surface area contributed by atoms with Gasteiger partial charge < -0.3 is 26.5 Å². The quantitative estimate of drug-likeness (QED) is 0.400. The number of carbonyl (C=O) groups excluding carboxylic acids is 1. The van der Waals surface area contributed by atoms with Crippen molar-refractivity contribution < 1.29 is 15.0 Å². The lowest BCUT2D eigenvalue weighted by molar-refractivity contribution is -0.498. The summed E-state index contributed by atoms with van der Waals surface area (Å²) in [6.07, 6.45) is 0. The molecule has 0 saturated carbocycles. The Kier molecular flexibility index (Phi) is 4.94. The van der Waals surface area contributed by atoms with Crippen LogP contribution in [0.5, 0.6) is 5.75 Å². The average Bonchev–Trinajstić information content (AvgIpc) is 2.27. The van der Waals surface area contributed by atoms with E-state index in [9.17, 15) is 10.0 Å². The van der Waals surface area contributed by atoms with Crippen molar-refractivity contribution in [2.24, 2.45) is 5.73 Å². The first kappa shape index (κ1) is 14.3. The zero-order chi connectivity index (χ0) is 13.7. The van der Waals surface area contributed by atoms with Gasteiger partial charge in [-0.1, -0.05) is 0 Å². The summed E-state index contributed by atoms with van der Waals surface area (Å²) in [7, 11) is 0. The van der Waals surface area contributed by atoms with E-state index in [-0.39, 0.29) is 0 Å². The third kappa shape index (κ3) is 3.35. The number of rotatable bonds is 5. The van der Waals surface area contributed by atoms with E-state index < -0.39 is 6.03 Å². The number of quaternary nitrogens is 1. The van der Waals surface area contributed by atoms with E-state index in [1.807, 2.05) is 26.8 Å². The number of ether oxygens (including phenoxy) is 1. The Hall–Kier alpha value is -1.79. The van der Waals surface area contributed by atoms with Gasteiger partial charge in [0.2, 0.25) is 0 Å². The number of aryl methyl sites for hydroxylation is 2. The van der Waals surface area contributed by atoms with Gasteiger partial charge in [0.1, 0.15) is 18.0 Å². The van der Waals surface area contributed by atoms with Crippen LogP contribution in [-0.4, -0.2) is 19.2 Å². The average molecular weight is 253 g/mol. The first-order valence-corrected chi connectivity index (χ1v) is 5.69. The first-order chi connectivity index (χ1) is 8.47. The van der Waals surface area contributed by atoms with Crippen LogP contribution in [0.4, 0.5) is 10.5 Å². The summed E-state index contributed by atoms with van der Waals surface area (Å²) in [5.41, 5.74) is 9.15. The fraction of sp³-hybridized carbons (Fsp3) is 0.417. The topological polar surface area (TPSA) is 104 Å². The van der Waals surface area contributed by atoms with E-state index in [2.05, 4.69) is 5.32 Å². The molecule has 0 atom stereocenters. The second-order valence-corrected chi connectivity index (χ2v) is 4.14. The van der Waals surface area contributed by atoms with E-state index in [0.29, 0.717) is 24.6 Å². The molecule has 1 rings (SSSR count). The van der Waals surface area contributed by atoms with Gasteiger partial charge in [-0.25, -0.2) is 4.79 Å². The van der Waals surface area contributed by atoms with E-state index in [1.54, 1.807) is 0 Å². The molecule has 1 aromatic rings. The minimum atomic E-state index is -0.579. The molecule has 0 bridgehead atoms. The third-order valence-electron chi connectivity index (χ3n) is 2.73. The van der Waals surface area contributed by atoms with E-state index in [1.165, 1.54) is 0 Å². The minimum absolute atomic E-state index is 0.311. The smallest absolute Gasteiger partial charge is 0.312 e. The predicted octanol–water partition coefficient (Wildman–Crippen LogP) is 0.352. The van der Waals surface area contributed by atoms with Gasteiger partial charge >= 0.3 is 6.03 Å². The zero-order valence-corrected chi connectivity index (χ0v) is 10.9. The van der Waals surface area contributed by atoms with Gasteiger partial charge in [-0.3, -0.25) is 0 Å². The fourth-order valence-corrected chi connectivity index (χ4v) is 1.91. The number of hydrogen-bond acceptors (Lipinski definition) is 3. The molecule has 5 N–H and O–H groups in total. The van der Waals surface area contributed by atoms with Gasteiger partial charge in [0.15, 0.2) is 0 Å². The Bertz CT molecular complexity index is 447. The Morgan fingerprint density at radius 2 is 2.11 bits per heavy atom. The highest BCUT2D eigenvalue weighted by atomic mass is 16.5. The molecule has 0 aliphatic rings. The van der Waals surface area contributed by atoms with E-state index in [4.69, 9.17) is 10.5 Å². The molecule has 2 amide bonds. The van der Waals surface area contributed by atoms with Gasteiger partial charge in [0.05, 0.1) is 12.1 Å². The van der Waals surface area contributed by atoms with Gasteiger partial charge in [-0.2, -0.15) is 0 Å². The second-order valence-electron chi connectivity index (χ2n) is 4.14. The molecule has 18 heavy (non-hydrogen) atoms.